The number of para-hydroxylation sites is 2. The van der Waals surface area contributed by atoms with Gasteiger partial charge in [-0.05, 0) is 35.9 Å². The van der Waals surface area contributed by atoms with Crippen LogP contribution in [0.2, 0.25) is 5.02 Å². The summed E-state index contributed by atoms with van der Waals surface area (Å²) in [4.78, 5) is 17.8. The number of alkyl halides is 3. The topological polar surface area (TPSA) is 34.9 Å². The molecule has 0 spiro atoms. The fourth-order valence-electron chi connectivity index (χ4n) is 3.04. The molecular formula is C22H14ClF3N2OS. The van der Waals surface area contributed by atoms with E-state index in [0.29, 0.717) is 32.3 Å². The molecule has 1 aromatic heterocycles. The van der Waals surface area contributed by atoms with Crippen molar-refractivity contribution in [1.29, 1.82) is 0 Å². The summed E-state index contributed by atoms with van der Waals surface area (Å²) in [5, 5.41) is 1.16. The summed E-state index contributed by atoms with van der Waals surface area (Å²) in [5.41, 5.74) is 0.449. The minimum atomic E-state index is -4.42. The van der Waals surface area contributed by atoms with Crippen molar-refractivity contribution in [1.82, 2.24) is 9.55 Å². The van der Waals surface area contributed by atoms with Crippen LogP contribution in [0.15, 0.2) is 82.7 Å². The van der Waals surface area contributed by atoms with Crippen molar-refractivity contribution in [3.8, 4) is 5.69 Å². The van der Waals surface area contributed by atoms with Crippen LogP contribution < -0.4 is 5.56 Å². The van der Waals surface area contributed by atoms with Gasteiger partial charge >= 0.3 is 6.18 Å². The van der Waals surface area contributed by atoms with E-state index in [4.69, 9.17) is 11.6 Å². The fraction of sp³-hybridized carbons (Fsp3) is 0.0909. The van der Waals surface area contributed by atoms with Crippen molar-refractivity contribution >= 4 is 34.3 Å². The van der Waals surface area contributed by atoms with Crippen molar-refractivity contribution in [2.24, 2.45) is 0 Å². The van der Waals surface area contributed by atoms with E-state index in [2.05, 4.69) is 4.98 Å². The van der Waals surface area contributed by atoms with Crippen molar-refractivity contribution < 1.29 is 13.2 Å². The zero-order valence-electron chi connectivity index (χ0n) is 15.4. The Bertz CT molecular complexity index is 1290. The van der Waals surface area contributed by atoms with E-state index in [9.17, 15) is 18.0 Å². The molecule has 0 aliphatic heterocycles. The average Bonchev–Trinajstić information content (AvgIpc) is 2.73. The van der Waals surface area contributed by atoms with Gasteiger partial charge in [0.1, 0.15) is 0 Å². The summed E-state index contributed by atoms with van der Waals surface area (Å²) in [6.45, 7) is 0. The Kier molecular flexibility index (Phi) is 5.58. The quantitative estimate of drug-likeness (QED) is 0.270. The molecular weight excluding hydrogens is 433 g/mol. The van der Waals surface area contributed by atoms with Crippen LogP contribution in [0.25, 0.3) is 16.6 Å². The van der Waals surface area contributed by atoms with E-state index in [0.717, 1.165) is 12.1 Å². The first kappa shape index (κ1) is 20.5. The molecule has 4 aromatic rings. The van der Waals surface area contributed by atoms with Crippen LogP contribution in [-0.4, -0.2) is 9.55 Å². The zero-order chi connectivity index (χ0) is 21.3. The molecule has 4 rings (SSSR count). The number of benzene rings is 3. The first-order valence-corrected chi connectivity index (χ1v) is 10.3. The van der Waals surface area contributed by atoms with Crippen molar-refractivity contribution in [2.45, 2.75) is 17.1 Å². The second-order valence-electron chi connectivity index (χ2n) is 6.49. The van der Waals surface area contributed by atoms with Crippen LogP contribution in [0.3, 0.4) is 0 Å². The maximum atomic E-state index is 13.2. The number of rotatable bonds is 4. The Morgan fingerprint density at radius 1 is 0.967 bits per heavy atom. The summed E-state index contributed by atoms with van der Waals surface area (Å²) in [5.74, 6) is 0.207. The molecule has 0 saturated heterocycles. The second-order valence-corrected chi connectivity index (χ2v) is 7.84. The molecule has 0 amide bonds. The van der Waals surface area contributed by atoms with Crippen LogP contribution >= 0.6 is 23.4 Å². The molecule has 30 heavy (non-hydrogen) atoms. The summed E-state index contributed by atoms with van der Waals surface area (Å²) in [6.07, 6.45) is -4.42. The molecule has 0 radical (unpaired) electrons. The molecule has 1 heterocycles. The van der Waals surface area contributed by atoms with Crippen LogP contribution in [0.1, 0.15) is 11.1 Å². The summed E-state index contributed by atoms with van der Waals surface area (Å²) < 4.78 is 40.4. The highest BCUT2D eigenvalue weighted by atomic mass is 35.5. The highest BCUT2D eigenvalue weighted by Crippen LogP contribution is 2.32. The zero-order valence-corrected chi connectivity index (χ0v) is 16.9. The van der Waals surface area contributed by atoms with Gasteiger partial charge in [-0.25, -0.2) is 4.98 Å². The Morgan fingerprint density at radius 3 is 2.47 bits per heavy atom. The highest BCUT2D eigenvalue weighted by Gasteiger charge is 2.30. The SMILES string of the molecule is O=c1c2ccccc2nc(SCc2cccc(C(F)(F)F)c2)n1-c1ccccc1Cl. The van der Waals surface area contributed by atoms with E-state index in [1.165, 1.54) is 22.4 Å². The van der Waals surface area contributed by atoms with Crippen molar-refractivity contribution in [2.75, 3.05) is 0 Å². The minimum absolute atomic E-state index is 0.207. The second kappa shape index (κ2) is 8.16. The van der Waals surface area contributed by atoms with Gasteiger partial charge < -0.3 is 0 Å². The van der Waals surface area contributed by atoms with Crippen LogP contribution in [0.5, 0.6) is 0 Å². The van der Waals surface area contributed by atoms with Gasteiger partial charge in [0, 0.05) is 5.75 Å². The van der Waals surface area contributed by atoms with Crippen molar-refractivity contribution in [3.05, 3.63) is 99.3 Å². The van der Waals surface area contributed by atoms with Crippen molar-refractivity contribution in [3.63, 3.8) is 0 Å². The standard InChI is InChI=1S/C22H14ClF3N2OS/c23-17-9-2-4-11-19(17)28-20(29)16-8-1-3-10-18(16)27-21(28)30-13-14-6-5-7-15(12-14)22(24,25)26/h1-12H,13H2. The van der Waals surface area contributed by atoms with Gasteiger partial charge in [-0.3, -0.25) is 9.36 Å². The number of aromatic nitrogens is 2. The van der Waals surface area contributed by atoms with Gasteiger partial charge in [0.05, 0.1) is 27.2 Å². The summed E-state index contributed by atoms with van der Waals surface area (Å²) >= 11 is 7.50. The van der Waals surface area contributed by atoms with Gasteiger partial charge in [-0.2, -0.15) is 13.2 Å². The Morgan fingerprint density at radius 2 is 1.70 bits per heavy atom. The first-order valence-electron chi connectivity index (χ1n) is 8.90. The van der Waals surface area contributed by atoms with E-state index in [-0.39, 0.29) is 11.3 Å². The Labute approximate surface area is 179 Å². The Hall–Kier alpha value is -2.77. The maximum absolute atomic E-state index is 13.2. The largest absolute Gasteiger partial charge is 0.416 e. The third kappa shape index (κ3) is 4.08. The Balaban J connectivity index is 1.80. The molecule has 0 saturated carbocycles. The highest BCUT2D eigenvalue weighted by molar-refractivity contribution is 7.98. The molecule has 0 aliphatic rings. The van der Waals surface area contributed by atoms with Crippen LogP contribution in [0, 0.1) is 0 Å². The molecule has 0 atom stereocenters. The van der Waals surface area contributed by atoms with E-state index < -0.39 is 11.7 Å². The third-order valence-corrected chi connectivity index (χ3v) is 5.79. The smallest absolute Gasteiger partial charge is 0.268 e. The van der Waals surface area contributed by atoms with Gasteiger partial charge in [-0.1, -0.05) is 65.8 Å². The molecule has 3 aromatic carbocycles. The minimum Gasteiger partial charge on any atom is -0.268 e. The first-order chi connectivity index (χ1) is 14.3. The normalized spacial score (nSPS) is 11.7. The third-order valence-electron chi connectivity index (χ3n) is 4.46. The fourth-order valence-corrected chi connectivity index (χ4v) is 4.21. The molecule has 8 heteroatoms. The molecule has 0 N–H and O–H groups in total. The average molecular weight is 447 g/mol. The number of hydrogen-bond donors (Lipinski definition) is 0. The van der Waals surface area contributed by atoms with Gasteiger partial charge in [0.25, 0.3) is 5.56 Å². The number of thioether (sulfide) groups is 1. The van der Waals surface area contributed by atoms with E-state index in [1.54, 1.807) is 54.6 Å². The number of fused-ring (bicyclic) bond motifs is 1. The predicted octanol–water partition coefficient (Wildman–Crippen LogP) is 6.35. The van der Waals surface area contributed by atoms with Crippen LogP contribution in [0.4, 0.5) is 13.2 Å². The monoisotopic (exact) mass is 446 g/mol. The molecule has 0 unspecified atom stereocenters. The number of nitrogens with zero attached hydrogens (tertiary/aromatic N) is 2. The molecule has 0 fully saturated rings. The van der Waals surface area contributed by atoms with Gasteiger partial charge in [-0.15, -0.1) is 0 Å². The lowest BCUT2D eigenvalue weighted by molar-refractivity contribution is -0.137. The van der Waals surface area contributed by atoms with Gasteiger partial charge in [0.2, 0.25) is 0 Å². The van der Waals surface area contributed by atoms with Crippen LogP contribution in [-0.2, 0) is 11.9 Å². The molecule has 0 bridgehead atoms. The van der Waals surface area contributed by atoms with E-state index >= 15 is 0 Å². The molecule has 152 valence electrons. The lowest BCUT2D eigenvalue weighted by atomic mass is 10.1. The lowest BCUT2D eigenvalue weighted by Crippen LogP contribution is -2.22. The summed E-state index contributed by atoms with van der Waals surface area (Å²) in [6, 6.07) is 18.9. The van der Waals surface area contributed by atoms with Gasteiger partial charge in [0.15, 0.2) is 5.16 Å². The molecule has 3 nitrogen and oxygen atoms in total. The lowest BCUT2D eigenvalue weighted by Gasteiger charge is -2.14. The molecule has 0 aliphatic carbocycles. The number of halogens is 4. The summed E-state index contributed by atoms with van der Waals surface area (Å²) in [7, 11) is 0. The maximum Gasteiger partial charge on any atom is 0.416 e. The number of hydrogen-bond acceptors (Lipinski definition) is 3. The van der Waals surface area contributed by atoms with E-state index in [1.807, 2.05) is 0 Å². The predicted molar refractivity (Wildman–Crippen MR) is 113 cm³/mol.